The Bertz CT molecular complexity index is 1150. The van der Waals surface area contributed by atoms with Crippen molar-refractivity contribution in [3.8, 4) is 11.4 Å². The zero-order valence-electron chi connectivity index (χ0n) is 15.5. The van der Waals surface area contributed by atoms with E-state index in [0.29, 0.717) is 23.1 Å². The molecule has 1 atom stereocenters. The maximum Gasteiger partial charge on any atom is 0.229 e. The molecule has 142 valence electrons. The highest BCUT2D eigenvalue weighted by atomic mass is 32.1. The third-order valence-electron chi connectivity index (χ3n) is 4.33. The number of hydrogen-bond acceptors (Lipinski definition) is 6. The van der Waals surface area contributed by atoms with E-state index in [1.165, 1.54) is 0 Å². The number of fused-ring (bicyclic) bond motifs is 1. The Balaban J connectivity index is 1.60. The molecule has 0 aliphatic heterocycles. The number of hydrogen-bond donors (Lipinski definition) is 2. The van der Waals surface area contributed by atoms with Crippen LogP contribution in [0.5, 0.6) is 0 Å². The lowest BCUT2D eigenvalue weighted by atomic mass is 10.1. The number of aliphatic hydroxyl groups is 1. The highest BCUT2D eigenvalue weighted by molar-refractivity contribution is 7.81. The van der Waals surface area contributed by atoms with E-state index in [1.807, 2.05) is 53.9 Å². The maximum absolute atomic E-state index is 9.47. The van der Waals surface area contributed by atoms with Gasteiger partial charge < -0.3 is 14.9 Å². The Hall–Kier alpha value is -3.10. The van der Waals surface area contributed by atoms with Crippen LogP contribution >= 0.6 is 12.2 Å². The molecule has 4 aromatic rings. The molecule has 0 amide bonds. The average molecular weight is 393 g/mol. The van der Waals surface area contributed by atoms with Crippen molar-refractivity contribution in [2.75, 3.05) is 5.32 Å². The molecule has 8 heteroatoms. The van der Waals surface area contributed by atoms with Crippen molar-refractivity contribution in [1.82, 2.24) is 19.5 Å². The van der Waals surface area contributed by atoms with Crippen LogP contribution in [0.4, 0.5) is 5.69 Å². The summed E-state index contributed by atoms with van der Waals surface area (Å²) in [4.78, 5) is 9.30. The Labute approximate surface area is 167 Å². The molecule has 0 saturated heterocycles. The van der Waals surface area contributed by atoms with E-state index in [4.69, 9.17) is 16.7 Å². The summed E-state index contributed by atoms with van der Waals surface area (Å²) < 4.78 is 7.15. The van der Waals surface area contributed by atoms with Crippen LogP contribution in [-0.4, -0.2) is 35.7 Å². The number of nitrogens with zero attached hydrogens (tertiary/aromatic N) is 4. The van der Waals surface area contributed by atoms with Gasteiger partial charge in [-0.15, -0.1) is 0 Å². The largest absolute Gasteiger partial charge is 0.393 e. The van der Waals surface area contributed by atoms with Crippen molar-refractivity contribution in [3.63, 3.8) is 0 Å². The summed E-state index contributed by atoms with van der Waals surface area (Å²) in [6.45, 7) is 3.68. The van der Waals surface area contributed by atoms with Crippen LogP contribution in [0.15, 0.2) is 53.3 Å². The van der Waals surface area contributed by atoms with Crippen LogP contribution in [0.2, 0.25) is 0 Å². The minimum absolute atomic E-state index is 0.322. The van der Waals surface area contributed by atoms with Crippen molar-refractivity contribution in [3.05, 3.63) is 65.9 Å². The molecule has 0 aliphatic rings. The molecule has 0 radical (unpaired) electrons. The van der Waals surface area contributed by atoms with Gasteiger partial charge in [0.05, 0.1) is 18.7 Å². The fourth-order valence-electron chi connectivity index (χ4n) is 2.89. The van der Waals surface area contributed by atoms with Gasteiger partial charge in [-0.25, -0.2) is 4.98 Å². The average Bonchev–Trinajstić information content (AvgIpc) is 3.30. The van der Waals surface area contributed by atoms with Gasteiger partial charge in [0.2, 0.25) is 11.7 Å². The summed E-state index contributed by atoms with van der Waals surface area (Å²) in [5.74, 6) is 0.876. The first kappa shape index (κ1) is 18.3. The van der Waals surface area contributed by atoms with Gasteiger partial charge in [0, 0.05) is 17.4 Å². The number of benzene rings is 1. The highest BCUT2D eigenvalue weighted by Crippen LogP contribution is 2.24. The zero-order valence-corrected chi connectivity index (χ0v) is 16.3. The number of thiocarbonyl (C=S) groups is 1. The predicted molar refractivity (Wildman–Crippen MR) is 110 cm³/mol. The van der Waals surface area contributed by atoms with Crippen LogP contribution in [0.3, 0.4) is 0 Å². The third kappa shape index (κ3) is 3.64. The number of nitrogens with one attached hydrogen (secondary N) is 1. The second-order valence-corrected chi connectivity index (χ2v) is 7.03. The normalized spacial score (nSPS) is 12.2. The topological polar surface area (TPSA) is 88.5 Å². The van der Waals surface area contributed by atoms with Crippen LogP contribution < -0.4 is 5.32 Å². The van der Waals surface area contributed by atoms with E-state index in [1.54, 1.807) is 13.1 Å². The van der Waals surface area contributed by atoms with E-state index in [-0.39, 0.29) is 0 Å². The summed E-state index contributed by atoms with van der Waals surface area (Å²) in [5, 5.41) is 16.8. The predicted octanol–water partition coefficient (Wildman–Crippen LogP) is 3.40. The Morgan fingerprint density at radius 2 is 2.18 bits per heavy atom. The van der Waals surface area contributed by atoms with Crippen molar-refractivity contribution in [1.29, 1.82) is 0 Å². The number of imidazole rings is 1. The summed E-state index contributed by atoms with van der Waals surface area (Å²) in [7, 11) is 0. The van der Waals surface area contributed by atoms with E-state index in [9.17, 15) is 5.11 Å². The highest BCUT2D eigenvalue weighted by Gasteiger charge is 2.14. The van der Waals surface area contributed by atoms with Crippen molar-refractivity contribution >= 4 is 28.5 Å². The SMILES string of the molecule is Cc1ccc(-c2noc(C[C@H](C)O)n2)cc1NC(=S)c1cnc2ccccn12. The van der Waals surface area contributed by atoms with Crippen molar-refractivity contribution in [2.24, 2.45) is 0 Å². The molecular weight excluding hydrogens is 374 g/mol. The van der Waals surface area contributed by atoms with Gasteiger partial charge >= 0.3 is 0 Å². The maximum atomic E-state index is 9.47. The van der Waals surface area contributed by atoms with Crippen LogP contribution in [-0.2, 0) is 6.42 Å². The first-order valence-electron chi connectivity index (χ1n) is 8.86. The first-order valence-corrected chi connectivity index (χ1v) is 9.27. The second kappa shape index (κ2) is 7.49. The Kier molecular flexibility index (Phi) is 4.89. The molecule has 7 nitrogen and oxygen atoms in total. The summed E-state index contributed by atoms with van der Waals surface area (Å²) in [5.41, 5.74) is 4.34. The lowest BCUT2D eigenvalue weighted by molar-refractivity contribution is 0.181. The summed E-state index contributed by atoms with van der Waals surface area (Å²) >= 11 is 5.61. The molecule has 1 aromatic carbocycles. The summed E-state index contributed by atoms with van der Waals surface area (Å²) in [6.07, 6.45) is 3.47. The molecule has 0 bridgehead atoms. The van der Waals surface area contributed by atoms with Gasteiger partial charge in [0.1, 0.15) is 16.3 Å². The number of pyridine rings is 1. The number of aryl methyl sites for hydroxylation is 1. The van der Waals surface area contributed by atoms with Gasteiger partial charge in [-0.1, -0.05) is 35.6 Å². The minimum atomic E-state index is -0.536. The Morgan fingerprint density at radius 3 is 3.00 bits per heavy atom. The summed E-state index contributed by atoms with van der Waals surface area (Å²) in [6, 6.07) is 11.6. The van der Waals surface area contributed by atoms with Gasteiger partial charge in [-0.3, -0.25) is 4.40 Å². The van der Waals surface area contributed by atoms with E-state index in [2.05, 4.69) is 20.4 Å². The molecule has 3 aromatic heterocycles. The van der Waals surface area contributed by atoms with Gasteiger partial charge in [0.25, 0.3) is 0 Å². The zero-order chi connectivity index (χ0) is 19.7. The molecule has 0 unspecified atom stereocenters. The second-order valence-electron chi connectivity index (χ2n) is 6.62. The number of rotatable bonds is 5. The standard InChI is InChI=1S/C20H19N5O2S/c1-12-6-7-14(19-23-18(27-24-19)9-13(2)26)10-15(12)22-20(28)16-11-21-17-5-3-4-8-25(16)17/h3-8,10-11,13,26H,9H2,1-2H3,(H,22,28)/t13-/m0/s1. The number of aliphatic hydroxyl groups excluding tert-OH is 1. The van der Waals surface area contributed by atoms with Crippen molar-refractivity contribution in [2.45, 2.75) is 26.4 Å². The van der Waals surface area contributed by atoms with E-state index in [0.717, 1.165) is 28.2 Å². The lowest BCUT2D eigenvalue weighted by Crippen LogP contribution is -2.13. The molecule has 3 heterocycles. The van der Waals surface area contributed by atoms with Crippen LogP contribution in [0.25, 0.3) is 17.0 Å². The molecule has 0 fully saturated rings. The van der Waals surface area contributed by atoms with Gasteiger partial charge in [-0.2, -0.15) is 4.98 Å². The lowest BCUT2D eigenvalue weighted by Gasteiger charge is -2.11. The van der Waals surface area contributed by atoms with Crippen LogP contribution in [0.1, 0.15) is 24.1 Å². The molecule has 0 saturated carbocycles. The van der Waals surface area contributed by atoms with Crippen molar-refractivity contribution < 1.29 is 9.63 Å². The fourth-order valence-corrected chi connectivity index (χ4v) is 3.15. The number of anilines is 1. The third-order valence-corrected chi connectivity index (χ3v) is 4.64. The van der Waals surface area contributed by atoms with E-state index >= 15 is 0 Å². The molecule has 2 N–H and O–H groups in total. The van der Waals surface area contributed by atoms with E-state index < -0.39 is 6.10 Å². The van der Waals surface area contributed by atoms with Gasteiger partial charge in [-0.05, 0) is 37.6 Å². The molecule has 0 aliphatic carbocycles. The van der Waals surface area contributed by atoms with Gasteiger partial charge in [0.15, 0.2) is 0 Å². The Morgan fingerprint density at radius 1 is 1.32 bits per heavy atom. The number of aromatic nitrogens is 4. The molecular formula is C20H19N5O2S. The molecule has 28 heavy (non-hydrogen) atoms. The first-order chi connectivity index (χ1) is 13.5. The molecule has 4 rings (SSSR count). The minimum Gasteiger partial charge on any atom is -0.393 e. The fraction of sp³-hybridized carbons (Fsp3) is 0.200. The quantitative estimate of drug-likeness (QED) is 0.502. The van der Waals surface area contributed by atoms with Crippen LogP contribution in [0, 0.1) is 6.92 Å². The monoisotopic (exact) mass is 393 g/mol. The molecule has 0 spiro atoms. The smallest absolute Gasteiger partial charge is 0.229 e.